The molecule has 0 bridgehead atoms. The van der Waals surface area contributed by atoms with Crippen molar-refractivity contribution in [3.8, 4) is 11.8 Å². The quantitative estimate of drug-likeness (QED) is 0.789. The number of carbonyl (C=O) groups excluding carboxylic acids is 1. The molecule has 1 atom stereocenters. The maximum atomic E-state index is 12.1. The van der Waals surface area contributed by atoms with Crippen molar-refractivity contribution in [1.82, 2.24) is 4.98 Å². The molecule has 3 N–H and O–H groups in total. The number of nitrogens with one attached hydrogen (secondary N) is 1. The van der Waals surface area contributed by atoms with Gasteiger partial charge in [0.05, 0.1) is 12.8 Å². The molecule has 1 aromatic heterocycles. The second-order valence-electron chi connectivity index (χ2n) is 5.14. The highest BCUT2D eigenvalue weighted by atomic mass is 79.9. The summed E-state index contributed by atoms with van der Waals surface area (Å²) in [5.74, 6) is 0.616. The summed E-state index contributed by atoms with van der Waals surface area (Å²) in [7, 11) is 1.59. The van der Waals surface area contributed by atoms with Crippen molar-refractivity contribution in [3.05, 3.63) is 45.6 Å². The summed E-state index contributed by atoms with van der Waals surface area (Å²) in [5, 5.41) is 12.1. The molecule has 2 aromatic rings. The van der Waals surface area contributed by atoms with Crippen LogP contribution in [-0.2, 0) is 4.79 Å². The van der Waals surface area contributed by atoms with E-state index in [1.165, 1.54) is 0 Å². The van der Waals surface area contributed by atoms with E-state index in [4.69, 9.17) is 10.5 Å². The third-order valence-corrected chi connectivity index (χ3v) is 4.43. The van der Waals surface area contributed by atoms with Gasteiger partial charge in [-0.3, -0.25) is 4.79 Å². The number of pyridine rings is 1. The third kappa shape index (κ3) is 2.62. The fourth-order valence-corrected chi connectivity index (χ4v) is 3.25. The molecule has 0 saturated heterocycles. The molecule has 1 aliphatic heterocycles. The Morgan fingerprint density at radius 2 is 2.13 bits per heavy atom. The van der Waals surface area contributed by atoms with E-state index < -0.39 is 0 Å². The number of hydrogen-bond donors (Lipinski definition) is 2. The van der Waals surface area contributed by atoms with E-state index in [1.807, 2.05) is 24.3 Å². The van der Waals surface area contributed by atoms with Gasteiger partial charge in [-0.15, -0.1) is 0 Å². The molecule has 0 radical (unpaired) electrons. The average molecular weight is 373 g/mol. The van der Waals surface area contributed by atoms with Gasteiger partial charge < -0.3 is 15.8 Å². The number of nitrogens with zero attached hydrogens (tertiary/aromatic N) is 2. The Labute approximate surface area is 141 Å². The van der Waals surface area contributed by atoms with Crippen LogP contribution in [0.25, 0.3) is 0 Å². The standard InChI is InChI=1S/C16H13BrN4O2/c1-23-9-4-2-8(3-5-9)10-6-12(22)20-14-11(7-18)15(17)21-16(19)13(10)14/h2-5,10H,6H2,1H3,(H2,19,21)(H,20,22). The number of benzene rings is 1. The van der Waals surface area contributed by atoms with Crippen LogP contribution in [-0.4, -0.2) is 18.0 Å². The number of anilines is 2. The van der Waals surface area contributed by atoms with Crippen molar-refractivity contribution in [1.29, 1.82) is 5.26 Å². The van der Waals surface area contributed by atoms with Gasteiger partial charge in [0.25, 0.3) is 0 Å². The van der Waals surface area contributed by atoms with Gasteiger partial charge in [-0.25, -0.2) is 4.98 Å². The van der Waals surface area contributed by atoms with E-state index in [1.54, 1.807) is 7.11 Å². The van der Waals surface area contributed by atoms with E-state index in [0.29, 0.717) is 21.7 Å². The second kappa shape index (κ2) is 5.89. The molecule has 7 heteroatoms. The third-order valence-electron chi connectivity index (χ3n) is 3.85. The number of halogens is 1. The average Bonchev–Trinajstić information content (AvgIpc) is 2.54. The lowest BCUT2D eigenvalue weighted by molar-refractivity contribution is -0.116. The number of nitrogens with two attached hydrogens (primary N) is 1. The topological polar surface area (TPSA) is 101 Å². The minimum absolute atomic E-state index is 0.160. The Balaban J connectivity index is 2.19. The maximum Gasteiger partial charge on any atom is 0.225 e. The van der Waals surface area contributed by atoms with Gasteiger partial charge >= 0.3 is 0 Å². The Hall–Kier alpha value is -2.59. The van der Waals surface area contributed by atoms with Crippen LogP contribution in [0, 0.1) is 11.3 Å². The van der Waals surface area contributed by atoms with Crippen molar-refractivity contribution >= 4 is 33.3 Å². The van der Waals surface area contributed by atoms with Crippen LogP contribution in [0.1, 0.15) is 29.0 Å². The first kappa shape index (κ1) is 15.3. The Kier molecular flexibility index (Phi) is 3.92. The highest BCUT2D eigenvalue weighted by Gasteiger charge is 2.32. The zero-order valence-corrected chi connectivity index (χ0v) is 13.8. The van der Waals surface area contributed by atoms with Crippen LogP contribution in [0.5, 0.6) is 5.75 Å². The number of nitrogen functional groups attached to an aromatic ring is 1. The second-order valence-corrected chi connectivity index (χ2v) is 5.89. The van der Waals surface area contributed by atoms with E-state index in [0.717, 1.165) is 11.3 Å². The van der Waals surface area contributed by atoms with Gasteiger partial charge in [0.1, 0.15) is 27.8 Å². The molecule has 116 valence electrons. The molecule has 1 aromatic carbocycles. The molecule has 1 unspecified atom stereocenters. The maximum absolute atomic E-state index is 12.1. The lowest BCUT2D eigenvalue weighted by Crippen LogP contribution is -2.26. The van der Waals surface area contributed by atoms with Crippen LogP contribution in [0.3, 0.4) is 0 Å². The first-order valence-electron chi connectivity index (χ1n) is 6.88. The monoisotopic (exact) mass is 372 g/mol. The van der Waals surface area contributed by atoms with Gasteiger partial charge in [0, 0.05) is 17.9 Å². The minimum atomic E-state index is -0.252. The summed E-state index contributed by atoms with van der Waals surface area (Å²) in [6, 6.07) is 9.50. The molecule has 0 fully saturated rings. The number of methoxy groups -OCH3 is 1. The van der Waals surface area contributed by atoms with Crippen LogP contribution in [0.15, 0.2) is 28.9 Å². The lowest BCUT2D eigenvalue weighted by atomic mass is 9.84. The summed E-state index contributed by atoms with van der Waals surface area (Å²) >= 11 is 3.22. The first-order chi connectivity index (χ1) is 11.0. The molecule has 0 saturated carbocycles. The molecule has 3 rings (SSSR count). The largest absolute Gasteiger partial charge is 0.497 e. The highest BCUT2D eigenvalue weighted by molar-refractivity contribution is 9.10. The number of amides is 1. The summed E-state index contributed by atoms with van der Waals surface area (Å²) < 4.78 is 5.48. The molecule has 6 nitrogen and oxygen atoms in total. The molecular formula is C16H13BrN4O2. The number of aromatic nitrogens is 1. The Bertz CT molecular complexity index is 827. The van der Waals surface area contributed by atoms with Crippen molar-refractivity contribution < 1.29 is 9.53 Å². The van der Waals surface area contributed by atoms with Crippen LogP contribution >= 0.6 is 15.9 Å². The van der Waals surface area contributed by atoms with E-state index in [9.17, 15) is 10.1 Å². The number of fused-ring (bicyclic) bond motifs is 1. The van der Waals surface area contributed by atoms with E-state index in [2.05, 4.69) is 32.3 Å². The zero-order valence-electron chi connectivity index (χ0n) is 12.3. The molecule has 0 spiro atoms. The fourth-order valence-electron chi connectivity index (χ4n) is 2.77. The van der Waals surface area contributed by atoms with Crippen molar-refractivity contribution in [2.24, 2.45) is 0 Å². The van der Waals surface area contributed by atoms with E-state index in [-0.39, 0.29) is 23.8 Å². The normalized spacial score (nSPS) is 16.2. The number of hydrogen-bond acceptors (Lipinski definition) is 5. The van der Waals surface area contributed by atoms with Gasteiger partial charge in [-0.2, -0.15) is 5.26 Å². The fraction of sp³-hybridized carbons (Fsp3) is 0.188. The number of carbonyl (C=O) groups is 1. The lowest BCUT2D eigenvalue weighted by Gasteiger charge is -2.28. The SMILES string of the molecule is COc1ccc(C2CC(=O)Nc3c(C#N)c(Br)nc(N)c32)cc1. The summed E-state index contributed by atoms with van der Waals surface area (Å²) in [6.45, 7) is 0. The molecule has 23 heavy (non-hydrogen) atoms. The summed E-state index contributed by atoms with van der Waals surface area (Å²) in [6.07, 6.45) is 0.248. The predicted octanol–water partition coefficient (Wildman–Crippen LogP) is 2.78. The highest BCUT2D eigenvalue weighted by Crippen LogP contribution is 2.43. The zero-order chi connectivity index (χ0) is 16.6. The van der Waals surface area contributed by atoms with Crippen LogP contribution in [0.4, 0.5) is 11.5 Å². The number of nitriles is 1. The molecule has 1 aliphatic rings. The van der Waals surface area contributed by atoms with Crippen molar-refractivity contribution in [2.75, 3.05) is 18.2 Å². The van der Waals surface area contributed by atoms with Crippen molar-refractivity contribution in [3.63, 3.8) is 0 Å². The summed E-state index contributed by atoms with van der Waals surface area (Å²) in [4.78, 5) is 16.3. The molecule has 0 aliphatic carbocycles. The smallest absolute Gasteiger partial charge is 0.225 e. The van der Waals surface area contributed by atoms with Gasteiger partial charge in [-0.05, 0) is 33.6 Å². The molecular weight excluding hydrogens is 360 g/mol. The molecule has 2 heterocycles. The Morgan fingerprint density at radius 3 is 2.74 bits per heavy atom. The molecule has 1 amide bonds. The number of rotatable bonds is 2. The summed E-state index contributed by atoms with van der Waals surface area (Å²) in [5.41, 5.74) is 8.37. The minimum Gasteiger partial charge on any atom is -0.497 e. The van der Waals surface area contributed by atoms with Gasteiger partial charge in [0.15, 0.2) is 0 Å². The van der Waals surface area contributed by atoms with Crippen LogP contribution < -0.4 is 15.8 Å². The Morgan fingerprint density at radius 1 is 1.43 bits per heavy atom. The van der Waals surface area contributed by atoms with Crippen LogP contribution in [0.2, 0.25) is 0 Å². The first-order valence-corrected chi connectivity index (χ1v) is 7.67. The van der Waals surface area contributed by atoms with Gasteiger partial charge in [-0.1, -0.05) is 12.1 Å². The van der Waals surface area contributed by atoms with E-state index >= 15 is 0 Å². The van der Waals surface area contributed by atoms with Gasteiger partial charge in [0.2, 0.25) is 5.91 Å². The van der Waals surface area contributed by atoms with Crippen molar-refractivity contribution in [2.45, 2.75) is 12.3 Å². The number of ether oxygens (including phenoxy) is 1. The predicted molar refractivity (Wildman–Crippen MR) is 89.1 cm³/mol.